The maximum atomic E-state index is 13.5. The number of amides is 1. The van der Waals surface area contributed by atoms with E-state index in [4.69, 9.17) is 11.6 Å². The first-order valence-corrected chi connectivity index (χ1v) is 9.55. The number of hydrogen-bond donors (Lipinski definition) is 0. The molecule has 1 heterocycles. The lowest BCUT2D eigenvalue weighted by atomic mass is 9.87. The zero-order valence-corrected chi connectivity index (χ0v) is 16.0. The van der Waals surface area contributed by atoms with Crippen molar-refractivity contribution in [3.8, 4) is 0 Å². The predicted molar refractivity (Wildman–Crippen MR) is 106 cm³/mol. The molecule has 2 nitrogen and oxygen atoms in total. The molecule has 1 aliphatic heterocycles. The lowest BCUT2D eigenvalue weighted by molar-refractivity contribution is -0.138. The largest absolute Gasteiger partial charge is 0.417 e. The molecule has 3 aromatic carbocycles. The zero-order valence-electron chi connectivity index (χ0n) is 15.3. The SMILES string of the molecule is O=C(c1ccccc1C(F)(F)F)N1CCc2ccccc2[C@H]1c1ccccc1Cl. The van der Waals surface area contributed by atoms with Gasteiger partial charge in [-0.25, -0.2) is 0 Å². The number of benzene rings is 3. The minimum absolute atomic E-state index is 0.303. The van der Waals surface area contributed by atoms with Crippen LogP contribution in [0.2, 0.25) is 5.02 Å². The van der Waals surface area contributed by atoms with E-state index in [-0.39, 0.29) is 5.56 Å². The Kier molecular flexibility index (Phi) is 5.09. The molecule has 0 fully saturated rings. The van der Waals surface area contributed by atoms with Gasteiger partial charge in [-0.2, -0.15) is 13.2 Å². The van der Waals surface area contributed by atoms with Crippen LogP contribution in [-0.4, -0.2) is 17.4 Å². The highest BCUT2D eigenvalue weighted by atomic mass is 35.5. The summed E-state index contributed by atoms with van der Waals surface area (Å²) in [6, 6.07) is 19.1. The highest BCUT2D eigenvalue weighted by Gasteiger charge is 2.39. The topological polar surface area (TPSA) is 20.3 Å². The average molecular weight is 416 g/mol. The van der Waals surface area contributed by atoms with E-state index < -0.39 is 23.7 Å². The third-order valence-electron chi connectivity index (χ3n) is 5.21. The summed E-state index contributed by atoms with van der Waals surface area (Å²) in [5.41, 5.74) is 1.35. The highest BCUT2D eigenvalue weighted by Crippen LogP contribution is 2.40. The van der Waals surface area contributed by atoms with Gasteiger partial charge in [0.25, 0.3) is 5.91 Å². The number of alkyl halides is 3. The predicted octanol–water partition coefficient (Wildman–Crippen LogP) is 6.15. The van der Waals surface area contributed by atoms with Gasteiger partial charge >= 0.3 is 6.18 Å². The summed E-state index contributed by atoms with van der Waals surface area (Å²) in [5, 5.41) is 0.469. The Morgan fingerprint density at radius 2 is 1.52 bits per heavy atom. The normalized spacial score (nSPS) is 16.4. The summed E-state index contributed by atoms with van der Waals surface area (Å²) in [6.45, 7) is 0.303. The number of carbonyl (C=O) groups excluding carboxylic acids is 1. The third-order valence-corrected chi connectivity index (χ3v) is 5.55. The van der Waals surface area contributed by atoms with E-state index in [9.17, 15) is 18.0 Å². The Bertz CT molecular complexity index is 1060. The van der Waals surface area contributed by atoms with Crippen molar-refractivity contribution < 1.29 is 18.0 Å². The van der Waals surface area contributed by atoms with Crippen molar-refractivity contribution >= 4 is 17.5 Å². The molecule has 0 saturated heterocycles. The lowest BCUT2D eigenvalue weighted by Crippen LogP contribution is -2.41. The van der Waals surface area contributed by atoms with E-state index in [0.717, 1.165) is 17.2 Å². The standard InChI is InChI=1S/C23H17ClF3NO/c24-20-12-6-4-10-18(20)21-16-8-2-1-7-15(16)13-14-28(21)22(29)17-9-3-5-11-19(17)23(25,26)27/h1-12,21H,13-14H2/t21-/m0/s1. The van der Waals surface area contributed by atoms with Gasteiger partial charge < -0.3 is 4.90 Å². The van der Waals surface area contributed by atoms with Crippen molar-refractivity contribution in [2.75, 3.05) is 6.54 Å². The van der Waals surface area contributed by atoms with Crippen molar-refractivity contribution in [3.63, 3.8) is 0 Å². The summed E-state index contributed by atoms with van der Waals surface area (Å²) in [4.78, 5) is 14.8. The Hall–Kier alpha value is -2.79. The maximum absolute atomic E-state index is 13.5. The van der Waals surface area contributed by atoms with Crippen LogP contribution in [0.3, 0.4) is 0 Å². The molecular formula is C23H17ClF3NO. The third kappa shape index (κ3) is 3.62. The summed E-state index contributed by atoms with van der Waals surface area (Å²) in [6.07, 6.45) is -4.04. The van der Waals surface area contributed by atoms with Crippen LogP contribution < -0.4 is 0 Å². The van der Waals surface area contributed by atoms with Crippen molar-refractivity contribution in [1.82, 2.24) is 4.90 Å². The van der Waals surface area contributed by atoms with E-state index in [0.29, 0.717) is 23.6 Å². The Morgan fingerprint density at radius 1 is 0.897 bits per heavy atom. The maximum Gasteiger partial charge on any atom is 0.417 e. The van der Waals surface area contributed by atoms with Crippen molar-refractivity contribution in [1.29, 1.82) is 0 Å². The lowest BCUT2D eigenvalue weighted by Gasteiger charge is -2.38. The molecule has 0 spiro atoms. The van der Waals surface area contributed by atoms with Gasteiger partial charge in [-0.3, -0.25) is 4.79 Å². The molecule has 6 heteroatoms. The van der Waals surface area contributed by atoms with Gasteiger partial charge in [0, 0.05) is 11.6 Å². The number of carbonyl (C=O) groups is 1. The highest BCUT2D eigenvalue weighted by molar-refractivity contribution is 6.31. The molecule has 0 radical (unpaired) electrons. The Morgan fingerprint density at radius 3 is 2.24 bits per heavy atom. The van der Waals surface area contributed by atoms with Gasteiger partial charge in [-0.05, 0) is 41.3 Å². The van der Waals surface area contributed by atoms with Gasteiger partial charge in [0.1, 0.15) is 0 Å². The van der Waals surface area contributed by atoms with Crippen LogP contribution in [0.25, 0.3) is 0 Å². The molecule has 0 aromatic heterocycles. The van der Waals surface area contributed by atoms with Crippen LogP contribution in [0.4, 0.5) is 13.2 Å². The Labute approximate surface area is 171 Å². The van der Waals surface area contributed by atoms with E-state index >= 15 is 0 Å². The van der Waals surface area contributed by atoms with Gasteiger partial charge in [0.2, 0.25) is 0 Å². The molecule has 1 aliphatic rings. The molecular weight excluding hydrogens is 399 g/mol. The molecule has 4 rings (SSSR count). The molecule has 1 atom stereocenters. The van der Waals surface area contributed by atoms with E-state index in [2.05, 4.69) is 0 Å². The molecule has 3 aromatic rings. The second-order valence-corrected chi connectivity index (χ2v) is 7.32. The fraction of sp³-hybridized carbons (Fsp3) is 0.174. The second kappa shape index (κ2) is 7.56. The first-order valence-electron chi connectivity index (χ1n) is 9.17. The average Bonchev–Trinajstić information content (AvgIpc) is 2.72. The first-order chi connectivity index (χ1) is 13.9. The summed E-state index contributed by atoms with van der Waals surface area (Å²) < 4.78 is 40.5. The van der Waals surface area contributed by atoms with Crippen molar-refractivity contribution in [2.45, 2.75) is 18.6 Å². The number of nitrogens with zero attached hydrogens (tertiary/aromatic N) is 1. The van der Waals surface area contributed by atoms with Crippen LogP contribution in [0.1, 0.15) is 38.7 Å². The van der Waals surface area contributed by atoms with Gasteiger partial charge in [0.15, 0.2) is 0 Å². The summed E-state index contributed by atoms with van der Waals surface area (Å²) in [7, 11) is 0. The van der Waals surface area contributed by atoms with Crippen LogP contribution in [0.15, 0.2) is 72.8 Å². The molecule has 0 N–H and O–H groups in total. The van der Waals surface area contributed by atoms with E-state index in [1.165, 1.54) is 23.1 Å². The number of fused-ring (bicyclic) bond motifs is 1. The van der Waals surface area contributed by atoms with Gasteiger partial charge in [-0.15, -0.1) is 0 Å². The van der Waals surface area contributed by atoms with Crippen LogP contribution in [0.5, 0.6) is 0 Å². The smallest absolute Gasteiger partial charge is 0.327 e. The first kappa shape index (κ1) is 19.5. The number of rotatable bonds is 2. The fourth-order valence-electron chi connectivity index (χ4n) is 3.89. The fourth-order valence-corrected chi connectivity index (χ4v) is 4.13. The second-order valence-electron chi connectivity index (χ2n) is 6.91. The monoisotopic (exact) mass is 415 g/mol. The molecule has 29 heavy (non-hydrogen) atoms. The van der Waals surface area contributed by atoms with Crippen molar-refractivity contribution in [3.05, 3.63) is 106 Å². The van der Waals surface area contributed by atoms with Gasteiger partial charge in [-0.1, -0.05) is 66.2 Å². The molecule has 0 unspecified atom stereocenters. The van der Waals surface area contributed by atoms with E-state index in [1.54, 1.807) is 12.1 Å². The summed E-state index contributed by atoms with van der Waals surface area (Å²) >= 11 is 6.43. The number of halogens is 4. The summed E-state index contributed by atoms with van der Waals surface area (Å²) in [5.74, 6) is -0.655. The van der Waals surface area contributed by atoms with Crippen molar-refractivity contribution in [2.24, 2.45) is 0 Å². The van der Waals surface area contributed by atoms with E-state index in [1.807, 2.05) is 36.4 Å². The number of hydrogen-bond acceptors (Lipinski definition) is 1. The zero-order chi connectivity index (χ0) is 20.6. The minimum atomic E-state index is -4.61. The molecule has 0 bridgehead atoms. The minimum Gasteiger partial charge on any atom is -0.327 e. The Balaban J connectivity index is 1.85. The molecule has 1 amide bonds. The molecule has 148 valence electrons. The van der Waals surface area contributed by atoms with Gasteiger partial charge in [0.05, 0.1) is 17.2 Å². The van der Waals surface area contributed by atoms with Crippen LogP contribution >= 0.6 is 11.6 Å². The quantitative estimate of drug-likeness (QED) is 0.491. The molecule has 0 aliphatic carbocycles. The van der Waals surface area contributed by atoms with Crippen LogP contribution in [-0.2, 0) is 12.6 Å². The molecule has 0 saturated carbocycles. The van der Waals surface area contributed by atoms with Crippen LogP contribution in [0, 0.1) is 0 Å².